The topological polar surface area (TPSA) is 26.3 Å². The summed E-state index contributed by atoms with van der Waals surface area (Å²) in [5.41, 5.74) is 0.468. The van der Waals surface area contributed by atoms with Gasteiger partial charge in [-0.1, -0.05) is 12.8 Å². The zero-order chi connectivity index (χ0) is 12.4. The number of carbonyl (C=O) groups excluding carboxylic acids is 1. The second-order valence-electron chi connectivity index (χ2n) is 7.59. The van der Waals surface area contributed by atoms with Crippen molar-refractivity contribution in [3.05, 3.63) is 0 Å². The lowest BCUT2D eigenvalue weighted by atomic mass is 9.37. The second kappa shape index (κ2) is 3.52. The highest BCUT2D eigenvalue weighted by Gasteiger charge is 2.66. The van der Waals surface area contributed by atoms with E-state index in [0.717, 1.165) is 24.7 Å². The molecule has 5 aliphatic carbocycles. The van der Waals surface area contributed by atoms with Gasteiger partial charge in [0.2, 0.25) is 0 Å². The van der Waals surface area contributed by atoms with Crippen LogP contribution in [-0.2, 0) is 9.53 Å². The van der Waals surface area contributed by atoms with E-state index in [0.29, 0.717) is 11.3 Å². The van der Waals surface area contributed by atoms with E-state index >= 15 is 0 Å². The average Bonchev–Trinajstić information content (AvgIpc) is 2.36. The van der Waals surface area contributed by atoms with E-state index in [4.69, 9.17) is 4.74 Å². The van der Waals surface area contributed by atoms with Gasteiger partial charge in [-0.25, -0.2) is 0 Å². The number of ether oxygens (including phenoxy) is 1. The van der Waals surface area contributed by atoms with Crippen LogP contribution >= 0.6 is 0 Å². The van der Waals surface area contributed by atoms with Gasteiger partial charge in [-0.05, 0) is 68.1 Å². The molecular weight excluding hydrogens is 224 g/mol. The summed E-state index contributed by atoms with van der Waals surface area (Å²) in [6.45, 7) is 0. The van der Waals surface area contributed by atoms with Crippen LogP contribution in [0, 0.1) is 28.6 Å². The Morgan fingerprint density at radius 1 is 1.11 bits per heavy atom. The minimum absolute atomic E-state index is 0.0702. The zero-order valence-electron chi connectivity index (χ0n) is 11.4. The van der Waals surface area contributed by atoms with Crippen molar-refractivity contribution in [2.24, 2.45) is 28.6 Å². The van der Waals surface area contributed by atoms with Crippen molar-refractivity contribution in [3.63, 3.8) is 0 Å². The Morgan fingerprint density at radius 3 is 2.50 bits per heavy atom. The van der Waals surface area contributed by atoms with Crippen molar-refractivity contribution in [1.29, 1.82) is 0 Å². The molecule has 0 saturated heterocycles. The van der Waals surface area contributed by atoms with Crippen LogP contribution in [0.5, 0.6) is 0 Å². The van der Waals surface area contributed by atoms with E-state index in [1.165, 1.54) is 44.9 Å². The molecule has 0 N–H and O–H groups in total. The maximum absolute atomic E-state index is 12.5. The molecule has 0 aliphatic heterocycles. The van der Waals surface area contributed by atoms with Gasteiger partial charge in [0, 0.05) is 0 Å². The van der Waals surface area contributed by atoms with Crippen LogP contribution in [0.2, 0.25) is 0 Å². The van der Waals surface area contributed by atoms with Crippen molar-refractivity contribution >= 4 is 5.97 Å². The number of rotatable bonds is 1. The minimum atomic E-state index is -0.0702. The smallest absolute Gasteiger partial charge is 0.312 e. The van der Waals surface area contributed by atoms with Crippen LogP contribution in [0.15, 0.2) is 0 Å². The van der Waals surface area contributed by atoms with E-state index in [9.17, 15) is 4.79 Å². The lowest BCUT2D eigenvalue weighted by Gasteiger charge is -2.67. The summed E-state index contributed by atoms with van der Waals surface area (Å²) in [7, 11) is 1.59. The van der Waals surface area contributed by atoms with Crippen molar-refractivity contribution in [1.82, 2.24) is 0 Å². The highest BCUT2D eigenvalue weighted by Crippen LogP contribution is 2.71. The van der Waals surface area contributed by atoms with Crippen LogP contribution < -0.4 is 0 Å². The fraction of sp³-hybridized carbons (Fsp3) is 0.938. The van der Waals surface area contributed by atoms with E-state index in [1.54, 1.807) is 7.11 Å². The van der Waals surface area contributed by atoms with Gasteiger partial charge in [0.05, 0.1) is 12.5 Å². The normalized spacial score (nSPS) is 53.1. The summed E-state index contributed by atoms with van der Waals surface area (Å²) in [5, 5.41) is 0. The molecule has 5 saturated carbocycles. The van der Waals surface area contributed by atoms with E-state index in [-0.39, 0.29) is 11.4 Å². The lowest BCUT2D eigenvalue weighted by molar-refractivity contribution is -0.208. The Balaban J connectivity index is 1.80. The minimum Gasteiger partial charge on any atom is -0.469 e. The third-order valence-electron chi connectivity index (χ3n) is 6.78. The van der Waals surface area contributed by atoms with Gasteiger partial charge >= 0.3 is 5.97 Å². The summed E-state index contributed by atoms with van der Waals surface area (Å²) in [6, 6.07) is 0. The average molecular weight is 248 g/mol. The molecule has 3 atom stereocenters. The fourth-order valence-electron chi connectivity index (χ4n) is 6.75. The van der Waals surface area contributed by atoms with E-state index in [2.05, 4.69) is 0 Å². The zero-order valence-corrected chi connectivity index (χ0v) is 11.4. The van der Waals surface area contributed by atoms with Crippen LogP contribution in [0.1, 0.15) is 57.8 Å². The molecular formula is C16H24O2. The molecule has 0 radical (unpaired) electrons. The van der Waals surface area contributed by atoms with Crippen LogP contribution in [0.25, 0.3) is 0 Å². The van der Waals surface area contributed by atoms with Crippen LogP contribution in [0.3, 0.4) is 0 Å². The van der Waals surface area contributed by atoms with Gasteiger partial charge in [-0.3, -0.25) is 4.79 Å². The molecule has 0 aromatic heterocycles. The quantitative estimate of drug-likeness (QED) is 0.663. The van der Waals surface area contributed by atoms with Gasteiger partial charge in [0.15, 0.2) is 0 Å². The predicted molar refractivity (Wildman–Crippen MR) is 68.9 cm³/mol. The molecule has 4 bridgehead atoms. The first kappa shape index (κ1) is 11.3. The molecule has 0 amide bonds. The monoisotopic (exact) mass is 248 g/mol. The molecule has 5 rings (SSSR count). The number of hydrogen-bond donors (Lipinski definition) is 0. The number of esters is 1. The molecule has 18 heavy (non-hydrogen) atoms. The third-order valence-corrected chi connectivity index (χ3v) is 6.78. The Hall–Kier alpha value is -0.530. The molecule has 5 aliphatic rings. The maximum atomic E-state index is 12.5. The van der Waals surface area contributed by atoms with Crippen molar-refractivity contribution in [2.45, 2.75) is 57.8 Å². The summed E-state index contributed by atoms with van der Waals surface area (Å²) in [5.74, 6) is 2.43. The highest BCUT2D eigenvalue weighted by atomic mass is 16.5. The Labute approximate surface area is 109 Å². The van der Waals surface area contributed by atoms with Crippen molar-refractivity contribution in [2.75, 3.05) is 7.11 Å². The van der Waals surface area contributed by atoms with E-state index in [1.807, 2.05) is 0 Å². The number of methoxy groups -OCH3 is 1. The molecule has 2 heteroatoms. The molecule has 2 nitrogen and oxygen atoms in total. The molecule has 0 aromatic rings. The summed E-state index contributed by atoms with van der Waals surface area (Å²) in [6.07, 6.45) is 11.9. The number of carbonyl (C=O) groups is 1. The highest BCUT2D eigenvalue weighted by molar-refractivity contribution is 5.78. The Morgan fingerprint density at radius 2 is 1.83 bits per heavy atom. The maximum Gasteiger partial charge on any atom is 0.312 e. The summed E-state index contributed by atoms with van der Waals surface area (Å²) in [4.78, 5) is 12.5. The van der Waals surface area contributed by atoms with Crippen LogP contribution in [-0.4, -0.2) is 13.1 Å². The first-order chi connectivity index (χ1) is 8.68. The van der Waals surface area contributed by atoms with Gasteiger partial charge < -0.3 is 4.74 Å². The predicted octanol–water partition coefficient (Wildman–Crippen LogP) is 3.55. The largest absolute Gasteiger partial charge is 0.469 e. The molecule has 0 aromatic carbocycles. The van der Waals surface area contributed by atoms with Crippen LogP contribution in [0.4, 0.5) is 0 Å². The number of hydrogen-bond acceptors (Lipinski definition) is 2. The first-order valence-electron chi connectivity index (χ1n) is 7.77. The first-order valence-corrected chi connectivity index (χ1v) is 7.77. The second-order valence-corrected chi connectivity index (χ2v) is 7.59. The van der Waals surface area contributed by atoms with E-state index < -0.39 is 0 Å². The molecule has 100 valence electrons. The van der Waals surface area contributed by atoms with Gasteiger partial charge in [0.1, 0.15) is 0 Å². The fourth-order valence-corrected chi connectivity index (χ4v) is 6.75. The van der Waals surface area contributed by atoms with Crippen molar-refractivity contribution < 1.29 is 9.53 Å². The standard InChI is InChI=1S/C16H24O2/c1-18-14(17)16-9-11-6-12(10-16)8-15(7-11)5-3-2-4-13(15)16/h11-13H,2-10H2,1H3. The Bertz CT molecular complexity index is 373. The third kappa shape index (κ3) is 1.22. The lowest BCUT2D eigenvalue weighted by Crippen LogP contribution is -2.62. The Kier molecular flexibility index (Phi) is 2.21. The molecule has 0 heterocycles. The summed E-state index contributed by atoms with van der Waals surface area (Å²) >= 11 is 0. The van der Waals surface area contributed by atoms with Crippen molar-refractivity contribution in [3.8, 4) is 0 Å². The SMILES string of the molecule is COC(=O)C12CC3CC(CC4(CCCCC41)C3)C2. The molecule has 3 unspecified atom stereocenters. The molecule has 5 fully saturated rings. The van der Waals surface area contributed by atoms with Gasteiger partial charge in [-0.15, -0.1) is 0 Å². The van der Waals surface area contributed by atoms with Gasteiger partial charge in [0.25, 0.3) is 0 Å². The summed E-state index contributed by atoms with van der Waals surface area (Å²) < 4.78 is 5.24. The molecule has 1 spiro atoms. The van der Waals surface area contributed by atoms with Gasteiger partial charge in [-0.2, -0.15) is 0 Å².